The highest BCUT2D eigenvalue weighted by atomic mass is 16.6. The quantitative estimate of drug-likeness (QED) is 0.247. The van der Waals surface area contributed by atoms with Crippen LogP contribution in [0.1, 0.15) is 72.1 Å². The Kier molecular flexibility index (Phi) is 9.57. The standard InChI is InChI=1S/C30H43NO6/c1-20-11-12-28-30(37-28,31-19-26-16-21(2)13-14-34-26)18-27(23(4)32)36-29(33)10-6-8-24-7-5-9-25(35-24)17-22(3)15-20/h5-7,10,13,19,22-28,32H,1,8-9,11-12,14-18H2,2-4H3/b10-6-,31-19?/t22-,23-,24-,25-,26-,27-,28-,30-/m0/s1. The molecule has 0 amide bonds. The fourth-order valence-corrected chi connectivity index (χ4v) is 5.49. The van der Waals surface area contributed by atoms with Crippen molar-refractivity contribution in [1.29, 1.82) is 0 Å². The Morgan fingerprint density at radius 3 is 2.89 bits per heavy atom. The first-order chi connectivity index (χ1) is 17.7. The van der Waals surface area contributed by atoms with E-state index in [1.807, 2.05) is 6.21 Å². The number of aliphatic hydroxyl groups is 1. The predicted octanol–water partition coefficient (Wildman–Crippen LogP) is 5.00. The van der Waals surface area contributed by atoms with Crippen LogP contribution in [0, 0.1) is 5.92 Å². The van der Waals surface area contributed by atoms with Crippen LogP contribution in [0.15, 0.2) is 53.1 Å². The lowest BCUT2D eigenvalue weighted by atomic mass is 9.91. The van der Waals surface area contributed by atoms with E-state index >= 15 is 0 Å². The second kappa shape index (κ2) is 12.7. The molecule has 0 aromatic carbocycles. The van der Waals surface area contributed by atoms with Gasteiger partial charge in [-0.15, -0.1) is 0 Å². The zero-order chi connectivity index (χ0) is 26.4. The molecule has 7 nitrogen and oxygen atoms in total. The molecule has 1 N–H and O–H groups in total. The van der Waals surface area contributed by atoms with E-state index in [2.05, 4.69) is 38.7 Å². The van der Waals surface area contributed by atoms with Crippen LogP contribution in [0.3, 0.4) is 0 Å². The molecule has 4 heterocycles. The van der Waals surface area contributed by atoms with Gasteiger partial charge in [-0.3, -0.25) is 4.99 Å². The molecular weight excluding hydrogens is 470 g/mol. The van der Waals surface area contributed by atoms with Crippen LogP contribution in [0.25, 0.3) is 0 Å². The Labute approximate surface area is 221 Å². The monoisotopic (exact) mass is 513 g/mol. The van der Waals surface area contributed by atoms with Gasteiger partial charge in [-0.1, -0.05) is 49.0 Å². The SMILES string of the molecule is C=C1CC[C@@H]2O[C@@]2(N=C[C@@H]2CC(C)=CCO2)C[C@@H]([C@H](C)O)OC(=O)/C=C\C[C@@H]2C=CC[C@@H](C[C@@H](C)C1)O2. The van der Waals surface area contributed by atoms with E-state index in [0.29, 0.717) is 18.9 Å². The second-order valence-corrected chi connectivity index (χ2v) is 11.2. The number of hydrogen-bond acceptors (Lipinski definition) is 7. The number of cyclic esters (lactones) is 1. The molecule has 0 radical (unpaired) electrons. The molecular formula is C30H43NO6. The number of nitrogens with zero attached hydrogens (tertiary/aromatic N) is 1. The summed E-state index contributed by atoms with van der Waals surface area (Å²) in [5.74, 6) is -0.0191. The Morgan fingerprint density at radius 1 is 1.27 bits per heavy atom. The Bertz CT molecular complexity index is 936. The molecule has 0 aliphatic carbocycles. The van der Waals surface area contributed by atoms with Gasteiger partial charge in [0.05, 0.1) is 31.0 Å². The van der Waals surface area contributed by atoms with Gasteiger partial charge < -0.3 is 24.1 Å². The summed E-state index contributed by atoms with van der Waals surface area (Å²) in [7, 11) is 0. The summed E-state index contributed by atoms with van der Waals surface area (Å²) >= 11 is 0. The van der Waals surface area contributed by atoms with Crippen molar-refractivity contribution < 1.29 is 28.8 Å². The van der Waals surface area contributed by atoms with Gasteiger partial charge in [0, 0.05) is 18.7 Å². The molecule has 0 unspecified atom stereocenters. The number of allylic oxidation sites excluding steroid dienone is 1. The molecule has 0 spiro atoms. The van der Waals surface area contributed by atoms with Crippen LogP contribution in [0.5, 0.6) is 0 Å². The topological polar surface area (TPSA) is 89.9 Å². The minimum atomic E-state index is -0.864. The average Bonchev–Trinajstić information content (AvgIpc) is 3.53. The van der Waals surface area contributed by atoms with Crippen LogP contribution >= 0.6 is 0 Å². The molecule has 1 saturated heterocycles. The summed E-state index contributed by atoms with van der Waals surface area (Å²) in [4.78, 5) is 17.5. The highest BCUT2D eigenvalue weighted by molar-refractivity contribution is 5.82. The fourth-order valence-electron chi connectivity index (χ4n) is 5.49. The number of fused-ring (bicyclic) bond motifs is 3. The molecule has 1 fully saturated rings. The maximum absolute atomic E-state index is 12.6. The summed E-state index contributed by atoms with van der Waals surface area (Å²) in [5, 5.41) is 10.5. The van der Waals surface area contributed by atoms with Crippen molar-refractivity contribution >= 4 is 12.2 Å². The molecule has 4 aliphatic rings. The first-order valence-electron chi connectivity index (χ1n) is 13.8. The number of aliphatic imine (C=N–C) groups is 1. The summed E-state index contributed by atoms with van der Waals surface area (Å²) < 4.78 is 23.9. The number of epoxide rings is 1. The molecule has 8 atom stereocenters. The van der Waals surface area contributed by atoms with Crippen molar-refractivity contribution in [3.63, 3.8) is 0 Å². The van der Waals surface area contributed by atoms with Crippen LogP contribution < -0.4 is 0 Å². The number of aliphatic hydroxyl groups excluding tert-OH is 1. The van der Waals surface area contributed by atoms with Crippen LogP contribution in [0.2, 0.25) is 0 Å². The normalized spacial score (nSPS) is 39.6. The number of hydrogen-bond donors (Lipinski definition) is 1. The molecule has 4 aliphatic heterocycles. The molecule has 2 bridgehead atoms. The minimum Gasteiger partial charge on any atom is -0.456 e. The summed E-state index contributed by atoms with van der Waals surface area (Å²) in [6.07, 6.45) is 15.7. The van der Waals surface area contributed by atoms with E-state index in [-0.39, 0.29) is 30.8 Å². The van der Waals surface area contributed by atoms with Gasteiger partial charge in [-0.25, -0.2) is 4.79 Å². The summed E-state index contributed by atoms with van der Waals surface area (Å²) in [6, 6.07) is 0. The third kappa shape index (κ3) is 8.21. The molecule has 0 aromatic rings. The lowest BCUT2D eigenvalue weighted by molar-refractivity contribution is -0.149. The van der Waals surface area contributed by atoms with E-state index in [1.54, 1.807) is 13.0 Å². The van der Waals surface area contributed by atoms with E-state index < -0.39 is 23.9 Å². The molecule has 0 aromatic heterocycles. The first kappa shape index (κ1) is 28.0. The van der Waals surface area contributed by atoms with Crippen LogP contribution in [-0.4, -0.2) is 66.2 Å². The third-order valence-electron chi connectivity index (χ3n) is 7.62. The average molecular weight is 514 g/mol. The van der Waals surface area contributed by atoms with E-state index in [1.165, 1.54) is 17.2 Å². The zero-order valence-corrected chi connectivity index (χ0v) is 22.5. The second-order valence-electron chi connectivity index (χ2n) is 11.2. The van der Waals surface area contributed by atoms with Gasteiger partial charge >= 0.3 is 5.97 Å². The largest absolute Gasteiger partial charge is 0.456 e. The Morgan fingerprint density at radius 2 is 2.11 bits per heavy atom. The van der Waals surface area contributed by atoms with Crippen LogP contribution in [-0.2, 0) is 23.7 Å². The van der Waals surface area contributed by atoms with Crippen molar-refractivity contribution in [3.8, 4) is 0 Å². The van der Waals surface area contributed by atoms with Crippen molar-refractivity contribution in [3.05, 3.63) is 48.1 Å². The van der Waals surface area contributed by atoms with Gasteiger partial charge in [0.25, 0.3) is 0 Å². The molecule has 204 valence electrons. The summed E-state index contributed by atoms with van der Waals surface area (Å²) in [5.41, 5.74) is 1.63. The number of carbonyl (C=O) groups is 1. The van der Waals surface area contributed by atoms with Gasteiger partial charge in [0.2, 0.25) is 0 Å². The first-order valence-corrected chi connectivity index (χ1v) is 13.8. The van der Waals surface area contributed by atoms with Crippen molar-refractivity contribution in [2.45, 2.75) is 114 Å². The van der Waals surface area contributed by atoms with Gasteiger partial charge in [-0.2, -0.15) is 0 Å². The van der Waals surface area contributed by atoms with Crippen LogP contribution in [0.4, 0.5) is 0 Å². The fraction of sp³-hybridized carbons (Fsp3) is 0.667. The van der Waals surface area contributed by atoms with E-state index in [9.17, 15) is 9.90 Å². The molecule has 0 saturated carbocycles. The zero-order valence-electron chi connectivity index (χ0n) is 22.5. The van der Waals surface area contributed by atoms with Crippen molar-refractivity contribution in [2.75, 3.05) is 6.61 Å². The van der Waals surface area contributed by atoms with E-state index in [4.69, 9.17) is 23.9 Å². The summed E-state index contributed by atoms with van der Waals surface area (Å²) in [6.45, 7) is 10.9. The highest BCUT2D eigenvalue weighted by Gasteiger charge is 2.58. The maximum atomic E-state index is 12.6. The third-order valence-corrected chi connectivity index (χ3v) is 7.62. The Balaban J connectivity index is 1.50. The van der Waals surface area contributed by atoms with Crippen molar-refractivity contribution in [2.24, 2.45) is 10.9 Å². The van der Waals surface area contributed by atoms with Gasteiger partial charge in [0.15, 0.2) is 5.72 Å². The molecule has 7 heteroatoms. The minimum absolute atomic E-state index is 0.0524. The number of rotatable bonds is 3. The van der Waals surface area contributed by atoms with Gasteiger partial charge in [-0.05, 0) is 64.7 Å². The Hall–Kier alpha value is -2.06. The lowest BCUT2D eigenvalue weighted by Gasteiger charge is -2.28. The number of esters is 1. The molecule has 37 heavy (non-hydrogen) atoms. The van der Waals surface area contributed by atoms with Crippen molar-refractivity contribution in [1.82, 2.24) is 0 Å². The maximum Gasteiger partial charge on any atom is 0.330 e. The number of ether oxygens (including phenoxy) is 4. The number of carbonyl (C=O) groups excluding carboxylic acids is 1. The predicted molar refractivity (Wildman–Crippen MR) is 143 cm³/mol. The lowest BCUT2D eigenvalue weighted by Crippen LogP contribution is -2.34. The molecule has 4 rings (SSSR count). The van der Waals surface area contributed by atoms with E-state index in [0.717, 1.165) is 38.5 Å². The smallest absolute Gasteiger partial charge is 0.330 e. The highest BCUT2D eigenvalue weighted by Crippen LogP contribution is 2.46. The van der Waals surface area contributed by atoms with Gasteiger partial charge in [0.1, 0.15) is 12.2 Å².